The molecule has 0 aliphatic heterocycles. The third-order valence-electron chi connectivity index (χ3n) is 5.41. The summed E-state index contributed by atoms with van der Waals surface area (Å²) in [5.41, 5.74) is 4.07. The molecule has 3 aromatic heterocycles. The summed E-state index contributed by atoms with van der Waals surface area (Å²) >= 11 is 0. The topological polar surface area (TPSA) is 110 Å². The van der Waals surface area contributed by atoms with Crippen molar-refractivity contribution in [3.8, 4) is 40.0 Å². The normalized spacial score (nSPS) is 11.4. The quantitative estimate of drug-likeness (QED) is 0.484. The van der Waals surface area contributed by atoms with Gasteiger partial charge < -0.3 is 9.84 Å². The molecule has 4 rings (SSSR count). The van der Waals surface area contributed by atoms with E-state index in [1.165, 1.54) is 16.2 Å². The molecular weight excluding hydrogens is 416 g/mol. The lowest BCUT2D eigenvalue weighted by molar-refractivity contribution is 0.433. The molecule has 4 aromatic rings. The molecule has 166 valence electrons. The smallest absolute Gasteiger partial charge is 0.251 e. The molecule has 0 aliphatic rings. The Morgan fingerprint density at radius 3 is 2.55 bits per heavy atom. The molecule has 0 spiro atoms. The lowest BCUT2D eigenvalue weighted by atomic mass is 10.1. The van der Waals surface area contributed by atoms with Crippen LogP contribution < -0.4 is 10.9 Å². The van der Waals surface area contributed by atoms with E-state index in [4.69, 9.17) is 9.51 Å². The fraction of sp³-hybridized carbons (Fsp3) is 0.240. The Kier molecular flexibility index (Phi) is 5.90. The van der Waals surface area contributed by atoms with Crippen LogP contribution in [0.2, 0.25) is 0 Å². The average Bonchev–Trinajstić information content (AvgIpc) is 3.30. The Labute approximate surface area is 191 Å². The van der Waals surface area contributed by atoms with Crippen molar-refractivity contribution in [2.75, 3.05) is 7.05 Å². The second-order valence-corrected chi connectivity index (χ2v) is 8.29. The van der Waals surface area contributed by atoms with Gasteiger partial charge in [-0.3, -0.25) is 14.3 Å². The molecule has 0 saturated heterocycles. The van der Waals surface area contributed by atoms with E-state index in [0.29, 0.717) is 34.1 Å². The molecule has 1 N–H and O–H groups in total. The first-order chi connectivity index (χ1) is 15.8. The number of hydrogen-bond donors (Lipinski definition) is 1. The number of hydrogen-bond acceptors (Lipinski definition) is 7. The molecule has 0 saturated carbocycles. The van der Waals surface area contributed by atoms with E-state index in [2.05, 4.69) is 21.5 Å². The number of rotatable bonds is 6. The third kappa shape index (κ3) is 4.45. The Bertz CT molecular complexity index is 1390. The lowest BCUT2D eigenvalue weighted by Gasteiger charge is -2.19. The Hall–Kier alpha value is -4.09. The fourth-order valence-corrected chi connectivity index (χ4v) is 3.47. The van der Waals surface area contributed by atoms with E-state index in [1.807, 2.05) is 44.3 Å². The molecule has 33 heavy (non-hydrogen) atoms. The van der Waals surface area contributed by atoms with Gasteiger partial charge in [0, 0.05) is 36.0 Å². The summed E-state index contributed by atoms with van der Waals surface area (Å²) in [6.07, 6.45) is 3.27. The minimum absolute atomic E-state index is 0.258. The Morgan fingerprint density at radius 1 is 1.12 bits per heavy atom. The first kappa shape index (κ1) is 22.1. The lowest BCUT2D eigenvalue weighted by Crippen LogP contribution is -2.34. The van der Waals surface area contributed by atoms with Gasteiger partial charge in [-0.25, -0.2) is 4.98 Å². The number of nitrogens with zero attached hydrogens (tertiary/aromatic N) is 5. The Morgan fingerprint density at radius 2 is 1.85 bits per heavy atom. The monoisotopic (exact) mass is 440 g/mol. The molecule has 1 aromatic carbocycles. The van der Waals surface area contributed by atoms with Gasteiger partial charge >= 0.3 is 0 Å². The largest absolute Gasteiger partial charge is 0.354 e. The van der Waals surface area contributed by atoms with E-state index in [0.717, 1.165) is 12.1 Å². The molecule has 8 heteroatoms. The number of aryl methyl sites for hydroxylation is 1. The van der Waals surface area contributed by atoms with Crippen LogP contribution in [0.5, 0.6) is 0 Å². The van der Waals surface area contributed by atoms with Crippen LogP contribution in [0.15, 0.2) is 64.2 Å². The van der Waals surface area contributed by atoms with E-state index in [1.54, 1.807) is 32.3 Å². The van der Waals surface area contributed by atoms with Crippen LogP contribution in [0.3, 0.4) is 0 Å². The second-order valence-electron chi connectivity index (χ2n) is 8.29. The molecule has 0 radical (unpaired) electrons. The summed E-state index contributed by atoms with van der Waals surface area (Å²) in [6.45, 7) is 6.02. The maximum absolute atomic E-state index is 12.3. The average molecular weight is 441 g/mol. The highest BCUT2D eigenvalue weighted by molar-refractivity contribution is 5.68. The van der Waals surface area contributed by atoms with Gasteiger partial charge in [0.05, 0.1) is 23.7 Å². The summed E-state index contributed by atoms with van der Waals surface area (Å²) in [6, 6.07) is 15.2. The highest BCUT2D eigenvalue weighted by Gasteiger charge is 2.21. The first-order valence-electron chi connectivity index (χ1n) is 10.5. The van der Waals surface area contributed by atoms with Crippen molar-refractivity contribution in [3.05, 3.63) is 76.5 Å². The zero-order valence-corrected chi connectivity index (χ0v) is 19.0. The first-order valence-corrected chi connectivity index (χ1v) is 10.5. The zero-order valence-electron chi connectivity index (χ0n) is 19.0. The van der Waals surface area contributed by atoms with Crippen LogP contribution >= 0.6 is 0 Å². The number of aromatic nitrogens is 4. The molecule has 0 fully saturated rings. The standard InChI is InChI=1S/C25H24N6O2/c1-16-24(22-11-20(30-33-22)18-7-5-17(6-8-18)12-27-4)29-21(13-28-16)19-9-10-23(32)31(14-19)25(2,3)15-26/h5-11,13-14,27H,12H2,1-4H3. The molecule has 0 unspecified atom stereocenters. The van der Waals surface area contributed by atoms with Crippen molar-refractivity contribution < 1.29 is 4.52 Å². The molecular formula is C25H24N6O2. The third-order valence-corrected chi connectivity index (χ3v) is 5.41. The number of pyridine rings is 1. The molecule has 0 bridgehead atoms. The Balaban J connectivity index is 1.70. The van der Waals surface area contributed by atoms with Crippen molar-refractivity contribution in [3.63, 3.8) is 0 Å². The van der Waals surface area contributed by atoms with Gasteiger partial charge in [0.25, 0.3) is 5.56 Å². The van der Waals surface area contributed by atoms with Crippen molar-refractivity contribution in [2.45, 2.75) is 32.9 Å². The minimum Gasteiger partial charge on any atom is -0.354 e. The second kappa shape index (κ2) is 8.81. The SMILES string of the molecule is CNCc1ccc(-c2cc(-c3nc(-c4ccc(=O)n(C(C)(C)C#N)c4)cnc3C)on2)cc1. The molecule has 8 nitrogen and oxygen atoms in total. The maximum Gasteiger partial charge on any atom is 0.251 e. The highest BCUT2D eigenvalue weighted by atomic mass is 16.5. The summed E-state index contributed by atoms with van der Waals surface area (Å²) in [4.78, 5) is 21.5. The predicted molar refractivity (Wildman–Crippen MR) is 125 cm³/mol. The van der Waals surface area contributed by atoms with Crippen LogP contribution in [0.1, 0.15) is 25.1 Å². The van der Waals surface area contributed by atoms with Crippen LogP contribution in [-0.2, 0) is 12.1 Å². The summed E-state index contributed by atoms with van der Waals surface area (Å²) in [7, 11) is 1.91. The molecule has 0 atom stereocenters. The van der Waals surface area contributed by atoms with Crippen molar-refractivity contribution in [1.29, 1.82) is 5.26 Å². The molecule has 3 heterocycles. The minimum atomic E-state index is -0.989. The predicted octanol–water partition coefficient (Wildman–Crippen LogP) is 3.91. The number of benzene rings is 1. The van der Waals surface area contributed by atoms with Crippen LogP contribution in [0.4, 0.5) is 0 Å². The zero-order chi connectivity index (χ0) is 23.6. The van der Waals surface area contributed by atoms with Crippen molar-refractivity contribution >= 4 is 0 Å². The van der Waals surface area contributed by atoms with Crippen LogP contribution in [0.25, 0.3) is 34.0 Å². The molecule has 0 aliphatic carbocycles. The van der Waals surface area contributed by atoms with Gasteiger partial charge in [-0.2, -0.15) is 5.26 Å². The van der Waals surface area contributed by atoms with E-state index >= 15 is 0 Å². The van der Waals surface area contributed by atoms with E-state index in [9.17, 15) is 10.1 Å². The maximum atomic E-state index is 12.3. The van der Waals surface area contributed by atoms with Gasteiger partial charge in [0.2, 0.25) is 0 Å². The van der Waals surface area contributed by atoms with E-state index < -0.39 is 5.54 Å². The summed E-state index contributed by atoms with van der Waals surface area (Å²) in [5, 5.41) is 16.8. The van der Waals surface area contributed by atoms with Crippen LogP contribution in [0, 0.1) is 18.3 Å². The van der Waals surface area contributed by atoms with Gasteiger partial charge in [-0.05, 0) is 39.4 Å². The van der Waals surface area contributed by atoms with Gasteiger partial charge in [0.1, 0.15) is 16.9 Å². The van der Waals surface area contributed by atoms with Gasteiger partial charge in [-0.15, -0.1) is 0 Å². The van der Waals surface area contributed by atoms with Crippen molar-refractivity contribution in [2.24, 2.45) is 0 Å². The molecule has 0 amide bonds. The number of nitriles is 1. The van der Waals surface area contributed by atoms with E-state index in [-0.39, 0.29) is 5.56 Å². The van der Waals surface area contributed by atoms with Crippen molar-refractivity contribution in [1.82, 2.24) is 25.0 Å². The summed E-state index contributed by atoms with van der Waals surface area (Å²) in [5.74, 6) is 0.502. The van der Waals surface area contributed by atoms with Gasteiger partial charge in [0.15, 0.2) is 5.76 Å². The fourth-order valence-electron chi connectivity index (χ4n) is 3.47. The highest BCUT2D eigenvalue weighted by Crippen LogP contribution is 2.28. The summed E-state index contributed by atoms with van der Waals surface area (Å²) < 4.78 is 7.00. The van der Waals surface area contributed by atoms with Gasteiger partial charge in [-0.1, -0.05) is 29.4 Å². The number of nitrogens with one attached hydrogen (secondary N) is 1. The van der Waals surface area contributed by atoms with Crippen LogP contribution in [-0.4, -0.2) is 26.7 Å².